The molecule has 0 bridgehead atoms. The maximum absolute atomic E-state index is 13.7. The van der Waals surface area contributed by atoms with Crippen molar-refractivity contribution in [3.8, 4) is 11.3 Å². The Labute approximate surface area is 224 Å². The number of nitrogens with one attached hydrogen (secondary N) is 1. The number of hydrogen-bond acceptors (Lipinski definition) is 4. The first-order valence-corrected chi connectivity index (χ1v) is 13.4. The van der Waals surface area contributed by atoms with Crippen LogP contribution in [0, 0.1) is 13.8 Å². The van der Waals surface area contributed by atoms with Crippen LogP contribution in [-0.4, -0.2) is 71.1 Å². The van der Waals surface area contributed by atoms with Gasteiger partial charge in [-0.05, 0) is 102 Å². The van der Waals surface area contributed by atoms with E-state index in [9.17, 15) is 13.6 Å². The first-order valence-electron chi connectivity index (χ1n) is 13.4. The molecule has 1 amide bonds. The topological polar surface area (TPSA) is 61.5 Å². The molecule has 1 aliphatic heterocycles. The standard InChI is InChI=1S/C30H40F2N4O2/c1-19-15-23(16-20(2)33-19)28-25(18-27(31)32)24-17-22(7-8-26(24)34-28)21-9-11-35(12-10-21)13-14-36(29(37)38-6)30(3,4)5/h7-8,15-17,21,27,34H,9-14,18H2,1-6H3. The van der Waals surface area contributed by atoms with Gasteiger partial charge < -0.3 is 19.5 Å². The quantitative estimate of drug-likeness (QED) is 0.372. The number of pyridine rings is 1. The Kier molecular flexibility index (Phi) is 8.40. The molecule has 0 unspecified atom stereocenters. The van der Waals surface area contributed by atoms with Crippen LogP contribution in [0.4, 0.5) is 13.6 Å². The van der Waals surface area contributed by atoms with Gasteiger partial charge in [0.2, 0.25) is 6.43 Å². The predicted octanol–water partition coefficient (Wildman–Crippen LogP) is 6.70. The maximum Gasteiger partial charge on any atom is 0.409 e. The van der Waals surface area contributed by atoms with E-state index in [-0.39, 0.29) is 18.1 Å². The van der Waals surface area contributed by atoms with Crippen molar-refractivity contribution >= 4 is 17.0 Å². The number of benzene rings is 1. The Morgan fingerprint density at radius 1 is 1.16 bits per heavy atom. The molecule has 1 aliphatic rings. The number of H-pyrrole nitrogens is 1. The minimum atomic E-state index is -2.43. The predicted molar refractivity (Wildman–Crippen MR) is 148 cm³/mol. The summed E-state index contributed by atoms with van der Waals surface area (Å²) < 4.78 is 32.4. The number of alkyl halides is 2. The highest BCUT2D eigenvalue weighted by Crippen LogP contribution is 2.36. The molecule has 1 N–H and O–H groups in total. The third kappa shape index (κ3) is 6.34. The van der Waals surface area contributed by atoms with Crippen molar-refractivity contribution in [3.05, 3.63) is 52.8 Å². The number of carbonyl (C=O) groups excluding carboxylic acids is 1. The number of fused-ring (bicyclic) bond motifs is 1. The van der Waals surface area contributed by atoms with E-state index in [4.69, 9.17) is 4.74 Å². The zero-order valence-corrected chi connectivity index (χ0v) is 23.4. The van der Waals surface area contributed by atoms with Crippen LogP contribution >= 0.6 is 0 Å². The number of likely N-dealkylation sites (tertiary alicyclic amines) is 1. The molecule has 3 aromatic rings. The molecule has 0 aliphatic carbocycles. The average molecular weight is 527 g/mol. The summed E-state index contributed by atoms with van der Waals surface area (Å²) in [5.74, 6) is 0.373. The molecular formula is C30H40F2N4O2. The summed E-state index contributed by atoms with van der Waals surface area (Å²) in [5, 5.41) is 0.881. The molecule has 3 heterocycles. The first-order chi connectivity index (χ1) is 18.0. The van der Waals surface area contributed by atoms with Gasteiger partial charge in [-0.1, -0.05) is 6.07 Å². The number of amides is 1. The molecule has 1 aromatic carbocycles. The lowest BCUT2D eigenvalue weighted by atomic mass is 9.88. The van der Waals surface area contributed by atoms with E-state index in [1.807, 2.05) is 52.8 Å². The number of methoxy groups -OCH3 is 1. The van der Waals surface area contributed by atoms with Gasteiger partial charge in [-0.15, -0.1) is 0 Å². The van der Waals surface area contributed by atoms with Gasteiger partial charge in [-0.2, -0.15) is 0 Å². The fraction of sp³-hybridized carbons (Fsp3) is 0.533. The number of carbonyl (C=O) groups is 1. The molecule has 0 atom stereocenters. The van der Waals surface area contributed by atoms with Gasteiger partial charge >= 0.3 is 6.09 Å². The van der Waals surface area contributed by atoms with Crippen molar-refractivity contribution in [1.29, 1.82) is 0 Å². The first kappa shape index (κ1) is 28.0. The number of nitrogens with zero attached hydrogens (tertiary/aromatic N) is 3. The fourth-order valence-corrected chi connectivity index (χ4v) is 5.65. The Balaban J connectivity index is 1.51. The molecule has 0 radical (unpaired) electrons. The van der Waals surface area contributed by atoms with Crippen LogP contribution in [-0.2, 0) is 11.2 Å². The zero-order valence-electron chi connectivity index (χ0n) is 23.4. The number of halogens is 2. The number of ether oxygens (including phenoxy) is 1. The second-order valence-corrected chi connectivity index (χ2v) is 11.4. The Morgan fingerprint density at radius 2 is 1.82 bits per heavy atom. The third-order valence-electron chi connectivity index (χ3n) is 7.56. The van der Waals surface area contributed by atoms with Crippen LogP contribution in [0.3, 0.4) is 0 Å². The van der Waals surface area contributed by atoms with E-state index in [1.165, 1.54) is 12.7 Å². The molecule has 1 fully saturated rings. The summed E-state index contributed by atoms with van der Waals surface area (Å²) in [5.41, 5.74) is 5.84. The van der Waals surface area contributed by atoms with Crippen molar-refractivity contribution in [2.24, 2.45) is 0 Å². The average Bonchev–Trinajstić information content (AvgIpc) is 3.20. The van der Waals surface area contributed by atoms with Gasteiger partial charge in [-0.3, -0.25) is 4.98 Å². The molecule has 0 spiro atoms. The molecular weight excluding hydrogens is 486 g/mol. The number of rotatable bonds is 7. The Hall–Kier alpha value is -3.00. The van der Waals surface area contributed by atoms with E-state index in [1.54, 1.807) is 4.90 Å². The summed E-state index contributed by atoms with van der Waals surface area (Å²) in [7, 11) is 1.42. The smallest absolute Gasteiger partial charge is 0.409 e. The van der Waals surface area contributed by atoms with Crippen molar-refractivity contribution in [2.45, 2.75) is 71.8 Å². The van der Waals surface area contributed by atoms with Crippen LogP contribution in [0.25, 0.3) is 22.2 Å². The van der Waals surface area contributed by atoms with Crippen molar-refractivity contribution in [3.63, 3.8) is 0 Å². The summed E-state index contributed by atoms with van der Waals surface area (Å²) >= 11 is 0. The zero-order chi connectivity index (χ0) is 27.6. The molecule has 0 saturated carbocycles. The lowest BCUT2D eigenvalue weighted by Gasteiger charge is -2.38. The largest absolute Gasteiger partial charge is 0.453 e. The van der Waals surface area contributed by atoms with E-state index < -0.39 is 6.43 Å². The van der Waals surface area contributed by atoms with Gasteiger partial charge in [-0.25, -0.2) is 13.6 Å². The third-order valence-corrected chi connectivity index (χ3v) is 7.56. The number of piperidine rings is 1. The molecule has 206 valence electrons. The van der Waals surface area contributed by atoms with Gasteiger partial charge in [0.05, 0.1) is 12.8 Å². The van der Waals surface area contributed by atoms with Crippen molar-refractivity contribution in [1.82, 2.24) is 19.8 Å². The number of aryl methyl sites for hydroxylation is 2. The van der Waals surface area contributed by atoms with Gasteiger partial charge in [0.1, 0.15) is 0 Å². The number of aromatic amines is 1. The minimum absolute atomic E-state index is 0.290. The van der Waals surface area contributed by atoms with Crippen LogP contribution in [0.1, 0.15) is 62.0 Å². The molecule has 38 heavy (non-hydrogen) atoms. The molecule has 8 heteroatoms. The highest BCUT2D eigenvalue weighted by Gasteiger charge is 2.29. The highest BCUT2D eigenvalue weighted by atomic mass is 19.3. The van der Waals surface area contributed by atoms with Crippen LogP contribution < -0.4 is 0 Å². The van der Waals surface area contributed by atoms with Gasteiger partial charge in [0.25, 0.3) is 0 Å². The maximum atomic E-state index is 13.7. The van der Waals surface area contributed by atoms with Gasteiger partial charge in [0.15, 0.2) is 0 Å². The monoisotopic (exact) mass is 526 g/mol. The van der Waals surface area contributed by atoms with E-state index in [0.29, 0.717) is 18.0 Å². The second-order valence-electron chi connectivity index (χ2n) is 11.4. The highest BCUT2D eigenvalue weighted by molar-refractivity contribution is 5.91. The lowest BCUT2D eigenvalue weighted by molar-refractivity contribution is 0.0733. The molecule has 1 saturated heterocycles. The van der Waals surface area contributed by atoms with Gasteiger partial charge in [0, 0.05) is 52.9 Å². The SMILES string of the molecule is COC(=O)N(CCN1CCC(c2ccc3[nH]c(-c4cc(C)nc(C)c4)c(CC(F)F)c3c2)CC1)C(C)(C)C. The minimum Gasteiger partial charge on any atom is -0.453 e. The number of aromatic nitrogens is 2. The lowest BCUT2D eigenvalue weighted by Crippen LogP contribution is -2.49. The summed E-state index contributed by atoms with van der Waals surface area (Å²) in [4.78, 5) is 24.2. The Bertz CT molecular complexity index is 1250. The van der Waals surface area contributed by atoms with Crippen LogP contribution in [0.2, 0.25) is 0 Å². The molecule has 4 rings (SSSR count). The fourth-order valence-electron chi connectivity index (χ4n) is 5.65. The second kappa shape index (κ2) is 11.4. The summed E-state index contributed by atoms with van der Waals surface area (Å²) in [6, 6.07) is 10.2. The van der Waals surface area contributed by atoms with Crippen LogP contribution in [0.15, 0.2) is 30.3 Å². The number of hydrogen-bond donors (Lipinski definition) is 1. The van der Waals surface area contributed by atoms with Crippen molar-refractivity contribution in [2.75, 3.05) is 33.3 Å². The van der Waals surface area contributed by atoms with E-state index in [2.05, 4.69) is 27.0 Å². The van der Waals surface area contributed by atoms with E-state index in [0.717, 1.165) is 66.0 Å². The molecule has 6 nitrogen and oxygen atoms in total. The summed E-state index contributed by atoms with van der Waals surface area (Å²) in [6.45, 7) is 13.2. The normalized spacial score (nSPS) is 15.4. The molecule has 2 aromatic heterocycles. The summed E-state index contributed by atoms with van der Waals surface area (Å²) in [6.07, 6.45) is -1.04. The van der Waals surface area contributed by atoms with Crippen LogP contribution in [0.5, 0.6) is 0 Å². The van der Waals surface area contributed by atoms with E-state index >= 15 is 0 Å². The Morgan fingerprint density at radius 3 is 2.39 bits per heavy atom. The van der Waals surface area contributed by atoms with Crippen molar-refractivity contribution < 1.29 is 18.3 Å².